The molecule has 0 aliphatic heterocycles. The lowest BCUT2D eigenvalue weighted by molar-refractivity contribution is 0.623. The molecule has 1 aliphatic carbocycles. The van der Waals surface area contributed by atoms with Gasteiger partial charge in [-0.2, -0.15) is 5.26 Å². The van der Waals surface area contributed by atoms with Crippen LogP contribution in [0.5, 0.6) is 0 Å². The number of anilines is 1. The van der Waals surface area contributed by atoms with Gasteiger partial charge in [-0.1, -0.05) is 12.8 Å². The van der Waals surface area contributed by atoms with E-state index in [1.165, 1.54) is 31.4 Å². The van der Waals surface area contributed by atoms with E-state index in [1.807, 2.05) is 30.0 Å². The van der Waals surface area contributed by atoms with Gasteiger partial charge in [0.2, 0.25) is 0 Å². The van der Waals surface area contributed by atoms with Gasteiger partial charge in [0, 0.05) is 16.3 Å². The topological polar surface area (TPSA) is 49.8 Å². The van der Waals surface area contributed by atoms with Crippen LogP contribution >= 0.6 is 11.8 Å². The molecule has 0 spiro atoms. The van der Waals surface area contributed by atoms with E-state index in [9.17, 15) is 0 Å². The highest BCUT2D eigenvalue weighted by atomic mass is 32.2. The molecule has 0 bridgehead atoms. The van der Waals surface area contributed by atoms with E-state index in [0.29, 0.717) is 11.3 Å². The van der Waals surface area contributed by atoms with Crippen LogP contribution in [0.3, 0.4) is 0 Å². The summed E-state index contributed by atoms with van der Waals surface area (Å²) in [4.78, 5) is 1.16. The van der Waals surface area contributed by atoms with E-state index < -0.39 is 0 Å². The molecule has 84 valence electrons. The minimum absolute atomic E-state index is 0.577. The third-order valence-corrected chi connectivity index (χ3v) is 4.33. The minimum Gasteiger partial charge on any atom is -0.398 e. The molecule has 2 N–H and O–H groups in total. The summed E-state index contributed by atoms with van der Waals surface area (Å²) in [5, 5.41) is 8.88. The Morgan fingerprint density at radius 1 is 1.38 bits per heavy atom. The lowest BCUT2D eigenvalue weighted by Crippen LogP contribution is -1.96. The van der Waals surface area contributed by atoms with Gasteiger partial charge in [0.05, 0.1) is 5.56 Å². The third kappa shape index (κ3) is 2.70. The van der Waals surface area contributed by atoms with Crippen LogP contribution in [0.1, 0.15) is 31.2 Å². The van der Waals surface area contributed by atoms with Crippen molar-refractivity contribution in [3.05, 3.63) is 23.8 Å². The summed E-state index contributed by atoms with van der Waals surface area (Å²) >= 11 is 1.85. The predicted octanol–water partition coefficient (Wildman–Crippen LogP) is 3.42. The van der Waals surface area contributed by atoms with Crippen LogP contribution in [0, 0.1) is 17.2 Å². The van der Waals surface area contributed by atoms with Gasteiger partial charge in [0.25, 0.3) is 0 Å². The summed E-state index contributed by atoms with van der Waals surface area (Å²) in [6.07, 6.45) is 5.51. The van der Waals surface area contributed by atoms with Crippen LogP contribution in [0.4, 0.5) is 5.69 Å². The number of nitrogens with zero attached hydrogens (tertiary/aromatic N) is 1. The molecule has 0 atom stereocenters. The Bertz CT molecular complexity index is 403. The molecule has 1 fully saturated rings. The second-order valence-corrected chi connectivity index (χ2v) is 5.42. The van der Waals surface area contributed by atoms with Gasteiger partial charge < -0.3 is 5.73 Å². The predicted molar refractivity (Wildman–Crippen MR) is 68.3 cm³/mol. The molecule has 2 rings (SSSR count). The van der Waals surface area contributed by atoms with Crippen molar-refractivity contribution in [2.75, 3.05) is 11.5 Å². The zero-order valence-corrected chi connectivity index (χ0v) is 10.1. The molecule has 16 heavy (non-hydrogen) atoms. The lowest BCUT2D eigenvalue weighted by Gasteiger charge is -2.08. The van der Waals surface area contributed by atoms with Crippen molar-refractivity contribution in [2.24, 2.45) is 5.92 Å². The molecule has 0 aromatic heterocycles. The normalized spacial score (nSPS) is 16.2. The molecular formula is C13H16N2S. The van der Waals surface area contributed by atoms with Crippen LogP contribution in [0.25, 0.3) is 0 Å². The first-order valence-corrected chi connectivity index (χ1v) is 6.70. The molecule has 1 aromatic carbocycles. The maximum absolute atomic E-state index is 8.88. The fourth-order valence-electron chi connectivity index (χ4n) is 2.11. The zero-order chi connectivity index (χ0) is 11.4. The van der Waals surface area contributed by atoms with Crippen molar-refractivity contribution in [3.63, 3.8) is 0 Å². The van der Waals surface area contributed by atoms with Gasteiger partial charge in [0.15, 0.2) is 0 Å². The number of nitrogens with two attached hydrogens (primary N) is 1. The second kappa shape index (κ2) is 5.27. The van der Waals surface area contributed by atoms with E-state index in [1.54, 1.807) is 0 Å². The van der Waals surface area contributed by atoms with Gasteiger partial charge >= 0.3 is 0 Å². The molecule has 3 heteroatoms. The molecule has 1 aliphatic rings. The van der Waals surface area contributed by atoms with Crippen molar-refractivity contribution >= 4 is 17.4 Å². The SMILES string of the molecule is N#Cc1cc(SCC2CCCC2)ccc1N. The second-order valence-electron chi connectivity index (χ2n) is 4.32. The standard InChI is InChI=1S/C13H16N2S/c14-8-11-7-12(5-6-13(11)15)16-9-10-3-1-2-4-10/h5-7,10H,1-4,9,15H2. The van der Waals surface area contributed by atoms with Crippen molar-refractivity contribution in [3.8, 4) is 6.07 Å². The van der Waals surface area contributed by atoms with Crippen LogP contribution in [0.2, 0.25) is 0 Å². The van der Waals surface area contributed by atoms with E-state index in [-0.39, 0.29) is 0 Å². The van der Waals surface area contributed by atoms with Crippen molar-refractivity contribution in [2.45, 2.75) is 30.6 Å². The Morgan fingerprint density at radius 2 is 2.12 bits per heavy atom. The summed E-state index contributed by atoms with van der Waals surface area (Å²) < 4.78 is 0. The first-order chi connectivity index (χ1) is 7.79. The van der Waals surface area contributed by atoms with E-state index in [2.05, 4.69) is 6.07 Å². The fourth-order valence-corrected chi connectivity index (χ4v) is 3.24. The molecule has 0 unspecified atom stereocenters. The fraction of sp³-hybridized carbons (Fsp3) is 0.462. The molecular weight excluding hydrogens is 216 g/mol. The average Bonchev–Trinajstić information content (AvgIpc) is 2.81. The summed E-state index contributed by atoms with van der Waals surface area (Å²) in [6.45, 7) is 0. The highest BCUT2D eigenvalue weighted by molar-refractivity contribution is 7.99. The highest BCUT2D eigenvalue weighted by Crippen LogP contribution is 2.31. The van der Waals surface area contributed by atoms with Crippen molar-refractivity contribution in [1.82, 2.24) is 0 Å². The molecule has 0 amide bonds. The van der Waals surface area contributed by atoms with Gasteiger partial charge in [0.1, 0.15) is 6.07 Å². The Hall–Kier alpha value is -1.14. The number of nitrogen functional groups attached to an aromatic ring is 1. The average molecular weight is 232 g/mol. The lowest BCUT2D eigenvalue weighted by atomic mass is 10.1. The maximum atomic E-state index is 8.88. The number of thioether (sulfide) groups is 1. The first kappa shape index (κ1) is 11.3. The highest BCUT2D eigenvalue weighted by Gasteiger charge is 2.15. The van der Waals surface area contributed by atoms with Crippen LogP contribution in [-0.2, 0) is 0 Å². The van der Waals surface area contributed by atoms with E-state index in [4.69, 9.17) is 11.0 Å². The largest absolute Gasteiger partial charge is 0.398 e. The van der Waals surface area contributed by atoms with Gasteiger partial charge in [-0.15, -0.1) is 11.8 Å². The molecule has 1 aromatic rings. The molecule has 1 saturated carbocycles. The molecule has 0 saturated heterocycles. The van der Waals surface area contributed by atoms with E-state index in [0.717, 1.165) is 10.8 Å². The Balaban J connectivity index is 1.96. The Morgan fingerprint density at radius 3 is 2.81 bits per heavy atom. The van der Waals surface area contributed by atoms with Crippen molar-refractivity contribution < 1.29 is 0 Å². The van der Waals surface area contributed by atoms with Crippen LogP contribution < -0.4 is 5.73 Å². The maximum Gasteiger partial charge on any atom is 0.101 e. The first-order valence-electron chi connectivity index (χ1n) is 5.72. The minimum atomic E-state index is 0.577. The van der Waals surface area contributed by atoms with Gasteiger partial charge in [-0.3, -0.25) is 0 Å². The number of nitriles is 1. The number of hydrogen-bond acceptors (Lipinski definition) is 3. The molecule has 2 nitrogen and oxygen atoms in total. The van der Waals surface area contributed by atoms with E-state index >= 15 is 0 Å². The zero-order valence-electron chi connectivity index (χ0n) is 9.28. The van der Waals surface area contributed by atoms with Crippen LogP contribution in [0.15, 0.2) is 23.1 Å². The smallest absolute Gasteiger partial charge is 0.101 e. The number of rotatable bonds is 3. The number of hydrogen-bond donors (Lipinski definition) is 1. The number of benzene rings is 1. The summed E-state index contributed by atoms with van der Waals surface area (Å²) in [7, 11) is 0. The Kier molecular flexibility index (Phi) is 3.74. The van der Waals surface area contributed by atoms with Gasteiger partial charge in [-0.05, 0) is 37.0 Å². The monoisotopic (exact) mass is 232 g/mol. The summed E-state index contributed by atoms with van der Waals surface area (Å²) in [6, 6.07) is 7.86. The van der Waals surface area contributed by atoms with Crippen molar-refractivity contribution in [1.29, 1.82) is 5.26 Å². The summed E-state index contributed by atoms with van der Waals surface area (Å²) in [5.74, 6) is 2.04. The quantitative estimate of drug-likeness (QED) is 0.641. The van der Waals surface area contributed by atoms with Gasteiger partial charge in [-0.25, -0.2) is 0 Å². The van der Waals surface area contributed by atoms with Crippen LogP contribution in [-0.4, -0.2) is 5.75 Å². The third-order valence-electron chi connectivity index (χ3n) is 3.11. The molecule has 0 heterocycles. The summed E-state index contributed by atoms with van der Waals surface area (Å²) in [5.41, 5.74) is 6.86. The molecule has 0 radical (unpaired) electrons. The Labute approximate surface area is 101 Å².